The number of nitrogens with one attached hydrogen (secondary N) is 2. The molecule has 0 spiro atoms. The summed E-state index contributed by atoms with van der Waals surface area (Å²) < 4.78 is 10.5. The average Bonchev–Trinajstić information content (AvgIpc) is 3.16. The highest BCUT2D eigenvalue weighted by Crippen LogP contribution is 2.34. The van der Waals surface area contributed by atoms with E-state index >= 15 is 0 Å². The molecule has 2 amide bonds. The number of rotatable bonds is 9. The summed E-state index contributed by atoms with van der Waals surface area (Å²) in [5.74, 6) is 1.21. The SMILES string of the molecule is COc1ccc(C(O)CNC(=O)CCc2nc(C3(NC(C)=O)CCCCCC3)no2)cc1. The predicted octanol–water partition coefficient (Wildman–Crippen LogP) is 2.55. The Kier molecular flexibility index (Phi) is 8.21. The topological polar surface area (TPSA) is 127 Å². The first-order valence-electron chi connectivity index (χ1n) is 11.1. The van der Waals surface area contributed by atoms with Crippen LogP contribution >= 0.6 is 0 Å². The fraction of sp³-hybridized carbons (Fsp3) is 0.565. The molecule has 32 heavy (non-hydrogen) atoms. The van der Waals surface area contributed by atoms with Gasteiger partial charge in [0.2, 0.25) is 17.7 Å². The van der Waals surface area contributed by atoms with Gasteiger partial charge in [-0.25, -0.2) is 0 Å². The Morgan fingerprint density at radius 3 is 2.50 bits per heavy atom. The van der Waals surface area contributed by atoms with Crippen LogP contribution in [0.25, 0.3) is 0 Å². The van der Waals surface area contributed by atoms with E-state index in [0.29, 0.717) is 23.0 Å². The Bertz CT molecular complexity index is 888. The standard InChI is InChI=1S/C23H32N4O5/c1-16(28)26-23(13-5-3-4-6-14-23)22-25-21(32-27-22)12-11-20(30)24-15-19(29)17-7-9-18(31-2)10-8-17/h7-10,19,29H,3-6,11-15H2,1-2H3,(H,24,30)(H,26,28). The minimum atomic E-state index is -0.812. The van der Waals surface area contributed by atoms with Gasteiger partial charge in [-0.2, -0.15) is 4.98 Å². The Morgan fingerprint density at radius 1 is 1.19 bits per heavy atom. The number of aryl methyl sites for hydroxylation is 1. The van der Waals surface area contributed by atoms with Gasteiger partial charge in [0.1, 0.15) is 11.3 Å². The summed E-state index contributed by atoms with van der Waals surface area (Å²) in [5, 5.41) is 20.2. The maximum absolute atomic E-state index is 12.2. The lowest BCUT2D eigenvalue weighted by Gasteiger charge is -2.30. The summed E-state index contributed by atoms with van der Waals surface area (Å²) in [6.45, 7) is 1.60. The number of aliphatic hydroxyl groups excluding tert-OH is 1. The molecule has 1 aliphatic rings. The highest BCUT2D eigenvalue weighted by Gasteiger charge is 2.38. The van der Waals surface area contributed by atoms with Crippen molar-refractivity contribution >= 4 is 11.8 Å². The number of benzene rings is 1. The van der Waals surface area contributed by atoms with Crippen LogP contribution in [0.1, 0.15) is 75.3 Å². The summed E-state index contributed by atoms with van der Waals surface area (Å²) in [7, 11) is 1.58. The number of nitrogens with zero attached hydrogens (tertiary/aromatic N) is 2. The van der Waals surface area contributed by atoms with Crippen LogP contribution in [0.5, 0.6) is 5.75 Å². The molecule has 2 aromatic rings. The summed E-state index contributed by atoms with van der Waals surface area (Å²) in [6, 6.07) is 7.03. The lowest BCUT2D eigenvalue weighted by atomic mass is 9.89. The maximum Gasteiger partial charge on any atom is 0.227 e. The highest BCUT2D eigenvalue weighted by atomic mass is 16.5. The van der Waals surface area contributed by atoms with E-state index in [-0.39, 0.29) is 31.2 Å². The number of aromatic nitrogens is 2. The van der Waals surface area contributed by atoms with Crippen LogP contribution < -0.4 is 15.4 Å². The molecule has 1 aliphatic carbocycles. The molecule has 174 valence electrons. The second-order valence-electron chi connectivity index (χ2n) is 8.28. The zero-order chi connectivity index (χ0) is 23.0. The molecule has 1 atom stereocenters. The van der Waals surface area contributed by atoms with Crippen molar-refractivity contribution in [1.29, 1.82) is 0 Å². The Hall–Kier alpha value is -2.94. The van der Waals surface area contributed by atoms with Gasteiger partial charge < -0.3 is 25.0 Å². The number of ether oxygens (including phenoxy) is 1. The summed E-state index contributed by atoms with van der Waals surface area (Å²) >= 11 is 0. The van der Waals surface area contributed by atoms with E-state index in [1.54, 1.807) is 31.4 Å². The van der Waals surface area contributed by atoms with Crippen molar-refractivity contribution in [2.45, 2.75) is 69.9 Å². The van der Waals surface area contributed by atoms with E-state index in [0.717, 1.165) is 38.5 Å². The molecule has 0 radical (unpaired) electrons. The monoisotopic (exact) mass is 444 g/mol. The lowest BCUT2D eigenvalue weighted by Crippen LogP contribution is -2.45. The molecule has 1 aromatic heterocycles. The molecule has 3 N–H and O–H groups in total. The summed E-state index contributed by atoms with van der Waals surface area (Å²) in [6.07, 6.45) is 5.39. The lowest BCUT2D eigenvalue weighted by molar-refractivity contribution is -0.122. The van der Waals surface area contributed by atoms with Crippen molar-refractivity contribution in [3.63, 3.8) is 0 Å². The number of hydrogen-bond acceptors (Lipinski definition) is 7. The molecule has 9 heteroatoms. The fourth-order valence-corrected chi connectivity index (χ4v) is 4.09. The van der Waals surface area contributed by atoms with Crippen LogP contribution in [0.15, 0.2) is 28.8 Å². The minimum absolute atomic E-state index is 0.103. The third-order valence-corrected chi connectivity index (χ3v) is 5.83. The fourth-order valence-electron chi connectivity index (χ4n) is 4.09. The van der Waals surface area contributed by atoms with E-state index in [9.17, 15) is 14.7 Å². The van der Waals surface area contributed by atoms with E-state index in [1.165, 1.54) is 6.92 Å². The first-order valence-corrected chi connectivity index (χ1v) is 11.1. The van der Waals surface area contributed by atoms with Crippen LogP contribution in [0.2, 0.25) is 0 Å². The van der Waals surface area contributed by atoms with Crippen molar-refractivity contribution in [2.75, 3.05) is 13.7 Å². The van der Waals surface area contributed by atoms with Gasteiger partial charge in [0.25, 0.3) is 0 Å². The number of aliphatic hydroxyl groups is 1. The molecule has 1 heterocycles. The Balaban J connectivity index is 1.52. The first-order chi connectivity index (χ1) is 15.4. The van der Waals surface area contributed by atoms with Crippen LogP contribution in [-0.2, 0) is 21.5 Å². The molecule has 0 aliphatic heterocycles. The molecule has 1 fully saturated rings. The Morgan fingerprint density at radius 2 is 1.88 bits per heavy atom. The van der Waals surface area contributed by atoms with E-state index in [4.69, 9.17) is 9.26 Å². The molecule has 0 bridgehead atoms. The second-order valence-corrected chi connectivity index (χ2v) is 8.28. The highest BCUT2D eigenvalue weighted by molar-refractivity contribution is 5.76. The van der Waals surface area contributed by atoms with Gasteiger partial charge in [0.05, 0.1) is 13.2 Å². The van der Waals surface area contributed by atoms with Crippen LogP contribution in [0, 0.1) is 0 Å². The smallest absolute Gasteiger partial charge is 0.227 e. The van der Waals surface area contributed by atoms with E-state index in [1.807, 2.05) is 0 Å². The van der Waals surface area contributed by atoms with Gasteiger partial charge in [0, 0.05) is 26.3 Å². The van der Waals surface area contributed by atoms with Crippen molar-refractivity contribution in [2.24, 2.45) is 0 Å². The van der Waals surface area contributed by atoms with Gasteiger partial charge in [-0.05, 0) is 30.5 Å². The van der Waals surface area contributed by atoms with Crippen molar-refractivity contribution < 1.29 is 24.0 Å². The van der Waals surface area contributed by atoms with Gasteiger partial charge in [-0.3, -0.25) is 9.59 Å². The van der Waals surface area contributed by atoms with Crippen molar-refractivity contribution in [1.82, 2.24) is 20.8 Å². The van der Waals surface area contributed by atoms with Crippen molar-refractivity contribution in [3.8, 4) is 5.75 Å². The number of carbonyl (C=O) groups is 2. The predicted molar refractivity (Wildman–Crippen MR) is 117 cm³/mol. The van der Waals surface area contributed by atoms with Crippen LogP contribution in [0.4, 0.5) is 0 Å². The summed E-state index contributed by atoms with van der Waals surface area (Å²) in [5.41, 5.74) is 0.0914. The van der Waals surface area contributed by atoms with Gasteiger partial charge in [0.15, 0.2) is 5.82 Å². The molecule has 1 unspecified atom stereocenters. The van der Waals surface area contributed by atoms with Gasteiger partial charge >= 0.3 is 0 Å². The van der Waals surface area contributed by atoms with Crippen molar-refractivity contribution in [3.05, 3.63) is 41.5 Å². The van der Waals surface area contributed by atoms with Gasteiger partial charge in [-0.15, -0.1) is 0 Å². The quantitative estimate of drug-likeness (QED) is 0.507. The van der Waals surface area contributed by atoms with Crippen LogP contribution in [0.3, 0.4) is 0 Å². The normalized spacial score (nSPS) is 16.6. The zero-order valence-corrected chi connectivity index (χ0v) is 18.7. The molecule has 9 nitrogen and oxygen atoms in total. The third kappa shape index (κ3) is 6.29. The minimum Gasteiger partial charge on any atom is -0.497 e. The Labute approximate surface area is 187 Å². The number of amides is 2. The second kappa shape index (κ2) is 11.1. The summed E-state index contributed by atoms with van der Waals surface area (Å²) in [4.78, 5) is 28.5. The number of carbonyl (C=O) groups excluding carboxylic acids is 2. The molecule has 1 saturated carbocycles. The third-order valence-electron chi connectivity index (χ3n) is 5.83. The number of hydrogen-bond donors (Lipinski definition) is 3. The molecule has 3 rings (SSSR count). The maximum atomic E-state index is 12.2. The van der Waals surface area contributed by atoms with Crippen LogP contribution in [-0.4, -0.2) is 40.7 Å². The largest absolute Gasteiger partial charge is 0.497 e. The molecule has 1 aromatic carbocycles. The molecule has 0 saturated heterocycles. The van der Waals surface area contributed by atoms with E-state index in [2.05, 4.69) is 20.8 Å². The molecular weight excluding hydrogens is 412 g/mol. The van der Waals surface area contributed by atoms with Gasteiger partial charge in [-0.1, -0.05) is 43.0 Å². The number of methoxy groups -OCH3 is 1. The first kappa shape index (κ1) is 23.7. The zero-order valence-electron chi connectivity index (χ0n) is 18.7. The van der Waals surface area contributed by atoms with E-state index < -0.39 is 11.6 Å². The average molecular weight is 445 g/mol. The molecular formula is C23H32N4O5.